The second-order valence-corrected chi connectivity index (χ2v) is 5.69. The van der Waals surface area contributed by atoms with E-state index in [0.717, 1.165) is 12.8 Å². The van der Waals surface area contributed by atoms with Crippen molar-refractivity contribution in [2.24, 2.45) is 11.1 Å². The van der Waals surface area contributed by atoms with Crippen LogP contribution in [0.4, 0.5) is 0 Å². The number of rotatable bonds is 3. The predicted octanol–water partition coefficient (Wildman–Crippen LogP) is 1.60. The normalized spacial score (nSPS) is 17.9. The number of hydrogen-bond donors (Lipinski definition) is 2. The van der Waals surface area contributed by atoms with E-state index in [2.05, 4.69) is 6.92 Å². The van der Waals surface area contributed by atoms with Crippen molar-refractivity contribution < 1.29 is 14.6 Å². The fourth-order valence-corrected chi connectivity index (χ4v) is 2.44. The summed E-state index contributed by atoms with van der Waals surface area (Å²) in [7, 11) is 1.52. The Morgan fingerprint density at radius 2 is 2.10 bits per heavy atom. The van der Waals surface area contributed by atoms with E-state index in [0.29, 0.717) is 30.9 Å². The molecule has 0 bridgehead atoms. The predicted molar refractivity (Wildman–Crippen MR) is 77.0 cm³/mol. The molecule has 3 N–H and O–H groups in total. The Labute approximate surface area is 119 Å². The molecule has 2 rings (SSSR count). The van der Waals surface area contributed by atoms with E-state index in [1.807, 2.05) is 0 Å². The van der Waals surface area contributed by atoms with Crippen LogP contribution in [-0.4, -0.2) is 42.7 Å². The number of carbonyl (C=O) groups is 1. The number of carbonyl (C=O) groups excluding carboxylic acids is 1. The van der Waals surface area contributed by atoms with Crippen LogP contribution in [0.3, 0.4) is 0 Å². The number of nitrogens with two attached hydrogens (primary N) is 1. The maximum Gasteiger partial charge on any atom is 0.257 e. The molecule has 1 amide bonds. The van der Waals surface area contributed by atoms with Gasteiger partial charge >= 0.3 is 0 Å². The molecule has 0 atom stereocenters. The number of piperidine rings is 1. The monoisotopic (exact) mass is 278 g/mol. The lowest BCUT2D eigenvalue weighted by atomic mass is 9.80. The summed E-state index contributed by atoms with van der Waals surface area (Å²) >= 11 is 0. The second-order valence-electron chi connectivity index (χ2n) is 5.69. The van der Waals surface area contributed by atoms with Gasteiger partial charge in [0, 0.05) is 19.2 Å². The third-order valence-electron chi connectivity index (χ3n) is 4.19. The highest BCUT2D eigenvalue weighted by atomic mass is 16.5. The van der Waals surface area contributed by atoms with Crippen LogP contribution in [0.1, 0.15) is 30.1 Å². The smallest absolute Gasteiger partial charge is 0.257 e. The van der Waals surface area contributed by atoms with Crippen LogP contribution in [0.15, 0.2) is 18.2 Å². The zero-order valence-electron chi connectivity index (χ0n) is 12.1. The Hall–Kier alpha value is -1.75. The van der Waals surface area contributed by atoms with Crippen LogP contribution in [0.2, 0.25) is 0 Å². The number of benzene rings is 1. The lowest BCUT2D eigenvalue weighted by Crippen LogP contribution is -2.44. The van der Waals surface area contributed by atoms with Gasteiger partial charge < -0.3 is 20.5 Å². The molecule has 5 nitrogen and oxygen atoms in total. The minimum Gasteiger partial charge on any atom is -0.507 e. The first-order valence-electron chi connectivity index (χ1n) is 6.85. The molecule has 0 saturated carbocycles. The molecule has 1 aromatic rings. The number of nitrogens with zero attached hydrogens (tertiary/aromatic N) is 1. The summed E-state index contributed by atoms with van der Waals surface area (Å²) in [5.41, 5.74) is 6.21. The van der Waals surface area contributed by atoms with Gasteiger partial charge in [0.1, 0.15) is 11.5 Å². The summed E-state index contributed by atoms with van der Waals surface area (Å²) in [6.45, 7) is 4.15. The molecule has 20 heavy (non-hydrogen) atoms. The number of aromatic hydroxyl groups is 1. The maximum absolute atomic E-state index is 12.4. The molecule has 1 saturated heterocycles. The highest BCUT2D eigenvalue weighted by Crippen LogP contribution is 2.31. The number of phenols is 1. The average Bonchev–Trinajstić information content (AvgIpc) is 2.47. The molecule has 110 valence electrons. The Morgan fingerprint density at radius 3 is 2.60 bits per heavy atom. The van der Waals surface area contributed by atoms with Crippen molar-refractivity contribution in [3.63, 3.8) is 0 Å². The van der Waals surface area contributed by atoms with Crippen LogP contribution < -0.4 is 10.5 Å². The van der Waals surface area contributed by atoms with Gasteiger partial charge in [-0.1, -0.05) is 6.92 Å². The molecule has 1 aliphatic rings. The van der Waals surface area contributed by atoms with Gasteiger partial charge in [0.2, 0.25) is 0 Å². The topological polar surface area (TPSA) is 75.8 Å². The van der Waals surface area contributed by atoms with Crippen LogP contribution in [0.5, 0.6) is 11.5 Å². The van der Waals surface area contributed by atoms with Gasteiger partial charge in [0.25, 0.3) is 5.91 Å². The molecule has 0 radical (unpaired) electrons. The number of phenolic OH excluding ortho intramolecular Hbond substituents is 1. The van der Waals surface area contributed by atoms with Crippen LogP contribution in [0.25, 0.3) is 0 Å². The van der Waals surface area contributed by atoms with Crippen molar-refractivity contribution in [3.8, 4) is 11.5 Å². The van der Waals surface area contributed by atoms with Crippen molar-refractivity contribution in [2.75, 3.05) is 26.7 Å². The highest BCUT2D eigenvalue weighted by Gasteiger charge is 2.31. The van der Waals surface area contributed by atoms with Gasteiger partial charge in [-0.05, 0) is 36.9 Å². The third kappa shape index (κ3) is 2.88. The minimum absolute atomic E-state index is 0.0403. The van der Waals surface area contributed by atoms with Gasteiger partial charge in [0.05, 0.1) is 12.7 Å². The molecule has 5 heteroatoms. The molecule has 0 spiro atoms. The van der Waals surface area contributed by atoms with Crippen molar-refractivity contribution in [1.29, 1.82) is 0 Å². The molecular weight excluding hydrogens is 256 g/mol. The number of methoxy groups -OCH3 is 1. The quantitative estimate of drug-likeness (QED) is 0.880. The fraction of sp³-hybridized carbons (Fsp3) is 0.533. The molecule has 0 aromatic heterocycles. The van der Waals surface area contributed by atoms with Crippen LogP contribution >= 0.6 is 0 Å². The lowest BCUT2D eigenvalue weighted by molar-refractivity contribution is 0.0614. The zero-order chi connectivity index (χ0) is 14.8. The lowest BCUT2D eigenvalue weighted by Gasteiger charge is -2.38. The summed E-state index contributed by atoms with van der Waals surface area (Å²) in [5.74, 6) is 0.360. The summed E-state index contributed by atoms with van der Waals surface area (Å²) in [6, 6.07) is 4.75. The Morgan fingerprint density at radius 1 is 1.45 bits per heavy atom. The van der Waals surface area contributed by atoms with Gasteiger partial charge in [-0.25, -0.2) is 0 Å². The van der Waals surface area contributed by atoms with E-state index < -0.39 is 0 Å². The van der Waals surface area contributed by atoms with Gasteiger partial charge in [-0.2, -0.15) is 0 Å². The highest BCUT2D eigenvalue weighted by molar-refractivity contribution is 5.97. The molecular formula is C15H22N2O3. The summed E-state index contributed by atoms with van der Waals surface area (Å²) in [4.78, 5) is 14.2. The second kappa shape index (κ2) is 5.71. The van der Waals surface area contributed by atoms with Crippen molar-refractivity contribution in [2.45, 2.75) is 19.8 Å². The van der Waals surface area contributed by atoms with Gasteiger partial charge in [-0.3, -0.25) is 4.79 Å². The molecule has 1 heterocycles. The average molecular weight is 278 g/mol. The van der Waals surface area contributed by atoms with Gasteiger partial charge in [-0.15, -0.1) is 0 Å². The number of amides is 1. The van der Waals surface area contributed by atoms with Crippen molar-refractivity contribution in [1.82, 2.24) is 4.90 Å². The largest absolute Gasteiger partial charge is 0.507 e. The maximum atomic E-state index is 12.4. The number of likely N-dealkylation sites (tertiary alicyclic amines) is 1. The SMILES string of the molecule is COc1ccc(C(=O)N2CCC(C)(CN)CC2)c(O)c1. The van der Waals surface area contributed by atoms with E-state index in [9.17, 15) is 9.90 Å². The van der Waals surface area contributed by atoms with E-state index in [1.165, 1.54) is 13.2 Å². The summed E-state index contributed by atoms with van der Waals surface area (Å²) in [6.07, 6.45) is 1.79. The first kappa shape index (κ1) is 14.7. The summed E-state index contributed by atoms with van der Waals surface area (Å²) < 4.78 is 5.02. The Bertz CT molecular complexity index is 494. The molecule has 1 aliphatic heterocycles. The first-order chi connectivity index (χ1) is 9.49. The molecule has 0 aliphatic carbocycles. The van der Waals surface area contributed by atoms with Crippen molar-refractivity contribution >= 4 is 5.91 Å². The van der Waals surface area contributed by atoms with E-state index in [4.69, 9.17) is 10.5 Å². The summed E-state index contributed by atoms with van der Waals surface area (Å²) in [5, 5.41) is 9.92. The van der Waals surface area contributed by atoms with E-state index in [-0.39, 0.29) is 17.1 Å². The van der Waals surface area contributed by atoms with E-state index in [1.54, 1.807) is 17.0 Å². The zero-order valence-corrected chi connectivity index (χ0v) is 12.1. The Balaban J connectivity index is 2.09. The third-order valence-corrected chi connectivity index (χ3v) is 4.19. The number of ether oxygens (including phenoxy) is 1. The molecule has 0 unspecified atom stereocenters. The van der Waals surface area contributed by atoms with Crippen LogP contribution in [-0.2, 0) is 0 Å². The van der Waals surface area contributed by atoms with Crippen LogP contribution in [0, 0.1) is 5.41 Å². The number of hydrogen-bond acceptors (Lipinski definition) is 4. The fourth-order valence-electron chi connectivity index (χ4n) is 2.44. The minimum atomic E-state index is -0.135. The standard InChI is InChI=1S/C15H22N2O3/c1-15(10-16)5-7-17(8-6-15)14(19)12-4-3-11(20-2)9-13(12)18/h3-4,9,18H,5-8,10,16H2,1-2H3. The van der Waals surface area contributed by atoms with Crippen molar-refractivity contribution in [3.05, 3.63) is 23.8 Å². The molecule has 1 aromatic carbocycles. The van der Waals surface area contributed by atoms with E-state index >= 15 is 0 Å². The molecule has 1 fully saturated rings. The first-order valence-corrected chi connectivity index (χ1v) is 6.85. The van der Waals surface area contributed by atoms with Gasteiger partial charge in [0.15, 0.2) is 0 Å². The Kier molecular flexibility index (Phi) is 4.18.